The molecule has 4 aromatic rings. The first-order chi connectivity index (χ1) is 13.7. The van der Waals surface area contributed by atoms with Crippen molar-refractivity contribution in [1.82, 2.24) is 14.6 Å². The Bertz CT molecular complexity index is 1150. The lowest BCUT2D eigenvalue weighted by atomic mass is 10.1. The monoisotopic (exact) mass is 374 g/mol. The lowest BCUT2D eigenvalue weighted by Crippen LogP contribution is -2.12. The van der Waals surface area contributed by atoms with Crippen LogP contribution in [-0.2, 0) is 0 Å². The van der Waals surface area contributed by atoms with E-state index < -0.39 is 0 Å². The predicted octanol–water partition coefficient (Wildman–Crippen LogP) is 3.67. The van der Waals surface area contributed by atoms with E-state index >= 15 is 0 Å². The summed E-state index contributed by atoms with van der Waals surface area (Å²) in [6.45, 7) is 0. The number of anilines is 1. The number of fused-ring (bicyclic) bond motifs is 1. The first-order valence-corrected chi connectivity index (χ1v) is 8.63. The summed E-state index contributed by atoms with van der Waals surface area (Å²) in [6.07, 6.45) is 1.90. The molecule has 2 aromatic carbocycles. The van der Waals surface area contributed by atoms with Gasteiger partial charge < -0.3 is 14.8 Å². The summed E-state index contributed by atoms with van der Waals surface area (Å²) >= 11 is 0. The van der Waals surface area contributed by atoms with Crippen molar-refractivity contribution >= 4 is 17.2 Å². The molecule has 0 aliphatic heterocycles. The Morgan fingerprint density at radius 2 is 1.79 bits per heavy atom. The van der Waals surface area contributed by atoms with Gasteiger partial charge in [0.05, 0.1) is 14.2 Å². The van der Waals surface area contributed by atoms with Crippen molar-refractivity contribution in [1.29, 1.82) is 0 Å². The van der Waals surface area contributed by atoms with Crippen LogP contribution in [0, 0.1) is 0 Å². The summed E-state index contributed by atoms with van der Waals surface area (Å²) in [4.78, 5) is 12.7. The minimum absolute atomic E-state index is 0.246. The van der Waals surface area contributed by atoms with Gasteiger partial charge >= 0.3 is 0 Å². The maximum absolute atomic E-state index is 12.7. The second-order valence-electron chi connectivity index (χ2n) is 6.06. The number of pyridine rings is 1. The van der Waals surface area contributed by atoms with Gasteiger partial charge in [0.1, 0.15) is 0 Å². The van der Waals surface area contributed by atoms with Crippen LogP contribution in [0.1, 0.15) is 10.4 Å². The van der Waals surface area contributed by atoms with Crippen molar-refractivity contribution in [2.75, 3.05) is 19.5 Å². The van der Waals surface area contributed by atoms with Crippen molar-refractivity contribution in [2.24, 2.45) is 0 Å². The first kappa shape index (κ1) is 17.5. The number of ether oxygens (including phenoxy) is 2. The number of rotatable bonds is 5. The molecule has 0 radical (unpaired) electrons. The van der Waals surface area contributed by atoms with E-state index in [0.29, 0.717) is 28.6 Å². The summed E-state index contributed by atoms with van der Waals surface area (Å²) in [6, 6.07) is 18.2. The highest BCUT2D eigenvalue weighted by Crippen LogP contribution is 2.28. The van der Waals surface area contributed by atoms with Gasteiger partial charge in [0.15, 0.2) is 23.0 Å². The largest absolute Gasteiger partial charge is 0.493 e. The molecule has 0 saturated heterocycles. The molecule has 0 atom stereocenters. The third kappa shape index (κ3) is 3.25. The van der Waals surface area contributed by atoms with E-state index in [1.165, 1.54) is 7.11 Å². The zero-order valence-electron chi connectivity index (χ0n) is 15.4. The van der Waals surface area contributed by atoms with E-state index in [-0.39, 0.29) is 5.91 Å². The molecule has 140 valence electrons. The van der Waals surface area contributed by atoms with Crippen LogP contribution in [0.15, 0.2) is 66.9 Å². The Morgan fingerprint density at radius 3 is 2.61 bits per heavy atom. The van der Waals surface area contributed by atoms with Crippen LogP contribution in [0.5, 0.6) is 11.5 Å². The Morgan fingerprint density at radius 1 is 0.929 bits per heavy atom. The molecule has 0 fully saturated rings. The molecule has 1 amide bonds. The molecule has 0 saturated carbocycles. The highest BCUT2D eigenvalue weighted by atomic mass is 16.5. The Balaban J connectivity index is 1.61. The van der Waals surface area contributed by atoms with Gasteiger partial charge in [-0.15, -0.1) is 10.2 Å². The maximum atomic E-state index is 12.7. The Labute approximate surface area is 161 Å². The van der Waals surface area contributed by atoms with E-state index in [2.05, 4.69) is 15.5 Å². The topological polar surface area (TPSA) is 77.8 Å². The van der Waals surface area contributed by atoms with Crippen molar-refractivity contribution in [3.63, 3.8) is 0 Å². The minimum Gasteiger partial charge on any atom is -0.493 e. The SMILES string of the molecule is COc1ccc(C(=O)Nc2cccc(-c3nnc4ccccn34)c2)cc1OC. The lowest BCUT2D eigenvalue weighted by molar-refractivity contribution is 0.102. The molecule has 2 heterocycles. The second kappa shape index (κ2) is 7.40. The molecule has 28 heavy (non-hydrogen) atoms. The van der Waals surface area contributed by atoms with Gasteiger partial charge in [0, 0.05) is 23.0 Å². The summed E-state index contributed by atoms with van der Waals surface area (Å²) in [5.41, 5.74) is 2.74. The van der Waals surface area contributed by atoms with Gasteiger partial charge in [-0.1, -0.05) is 18.2 Å². The fourth-order valence-electron chi connectivity index (χ4n) is 2.96. The van der Waals surface area contributed by atoms with Gasteiger partial charge in [0.2, 0.25) is 0 Å². The van der Waals surface area contributed by atoms with Crippen molar-refractivity contribution in [3.8, 4) is 22.9 Å². The highest BCUT2D eigenvalue weighted by molar-refractivity contribution is 6.04. The number of benzene rings is 2. The van der Waals surface area contributed by atoms with Crippen LogP contribution < -0.4 is 14.8 Å². The zero-order chi connectivity index (χ0) is 19.5. The molecule has 0 unspecified atom stereocenters. The molecule has 0 aliphatic rings. The van der Waals surface area contributed by atoms with Crippen molar-refractivity contribution < 1.29 is 14.3 Å². The fourth-order valence-corrected chi connectivity index (χ4v) is 2.96. The average molecular weight is 374 g/mol. The molecule has 2 aromatic heterocycles. The number of carbonyl (C=O) groups excluding carboxylic acids is 1. The van der Waals surface area contributed by atoms with E-state index in [9.17, 15) is 4.79 Å². The number of hydrogen-bond acceptors (Lipinski definition) is 5. The van der Waals surface area contributed by atoms with Gasteiger partial charge in [-0.3, -0.25) is 9.20 Å². The zero-order valence-corrected chi connectivity index (χ0v) is 15.4. The summed E-state index contributed by atoms with van der Waals surface area (Å²) < 4.78 is 12.4. The normalized spacial score (nSPS) is 10.6. The number of aromatic nitrogens is 3. The smallest absolute Gasteiger partial charge is 0.255 e. The van der Waals surface area contributed by atoms with E-state index in [1.807, 2.05) is 53.1 Å². The van der Waals surface area contributed by atoms with Crippen LogP contribution in [0.25, 0.3) is 17.0 Å². The number of methoxy groups -OCH3 is 2. The average Bonchev–Trinajstić information content (AvgIpc) is 3.17. The van der Waals surface area contributed by atoms with Gasteiger partial charge in [0.25, 0.3) is 5.91 Å². The second-order valence-corrected chi connectivity index (χ2v) is 6.06. The molecule has 7 heteroatoms. The standard InChI is InChI=1S/C21H18N4O3/c1-27-17-10-9-15(13-18(17)28-2)21(26)22-16-7-5-6-14(12-16)20-24-23-19-8-3-4-11-25(19)20/h3-13H,1-2H3,(H,22,26). The first-order valence-electron chi connectivity index (χ1n) is 8.63. The van der Waals surface area contributed by atoms with Crippen LogP contribution >= 0.6 is 0 Å². The lowest BCUT2D eigenvalue weighted by Gasteiger charge is -2.10. The molecule has 0 spiro atoms. The molecular weight excluding hydrogens is 356 g/mol. The van der Waals surface area contributed by atoms with Crippen LogP contribution in [0.3, 0.4) is 0 Å². The number of amides is 1. The van der Waals surface area contributed by atoms with Gasteiger partial charge in [-0.25, -0.2) is 0 Å². The summed E-state index contributed by atoms with van der Waals surface area (Å²) in [5.74, 6) is 1.53. The molecule has 1 N–H and O–H groups in total. The Hall–Kier alpha value is -3.87. The number of carbonyl (C=O) groups is 1. The number of nitrogens with one attached hydrogen (secondary N) is 1. The maximum Gasteiger partial charge on any atom is 0.255 e. The summed E-state index contributed by atoms with van der Waals surface area (Å²) in [7, 11) is 3.09. The highest BCUT2D eigenvalue weighted by Gasteiger charge is 2.12. The Kier molecular flexibility index (Phi) is 4.63. The van der Waals surface area contributed by atoms with Crippen LogP contribution in [0.2, 0.25) is 0 Å². The third-order valence-electron chi connectivity index (χ3n) is 4.34. The number of nitrogens with zero attached hydrogens (tertiary/aromatic N) is 3. The van der Waals surface area contributed by atoms with Crippen molar-refractivity contribution in [3.05, 3.63) is 72.4 Å². The van der Waals surface area contributed by atoms with E-state index in [0.717, 1.165) is 11.2 Å². The van der Waals surface area contributed by atoms with Crippen molar-refractivity contribution in [2.45, 2.75) is 0 Å². The van der Waals surface area contributed by atoms with Gasteiger partial charge in [-0.2, -0.15) is 0 Å². The minimum atomic E-state index is -0.246. The van der Waals surface area contributed by atoms with E-state index in [4.69, 9.17) is 9.47 Å². The molecule has 7 nitrogen and oxygen atoms in total. The molecular formula is C21H18N4O3. The third-order valence-corrected chi connectivity index (χ3v) is 4.34. The molecule has 0 bridgehead atoms. The quantitative estimate of drug-likeness (QED) is 0.577. The predicted molar refractivity (Wildman–Crippen MR) is 106 cm³/mol. The van der Waals surface area contributed by atoms with Crippen LogP contribution in [-0.4, -0.2) is 34.7 Å². The summed E-state index contributed by atoms with van der Waals surface area (Å²) in [5, 5.41) is 11.3. The fraction of sp³-hybridized carbons (Fsp3) is 0.0952. The van der Waals surface area contributed by atoms with Crippen LogP contribution in [0.4, 0.5) is 5.69 Å². The molecule has 0 aliphatic carbocycles. The number of hydrogen-bond donors (Lipinski definition) is 1. The molecule has 4 rings (SSSR count). The van der Waals surface area contributed by atoms with E-state index in [1.54, 1.807) is 25.3 Å². The van der Waals surface area contributed by atoms with Gasteiger partial charge in [-0.05, 0) is 42.5 Å².